The zero-order chi connectivity index (χ0) is 4.50. The molecule has 0 bridgehead atoms. The van der Waals surface area contributed by atoms with Crippen molar-refractivity contribution in [1.82, 2.24) is 0 Å². The molecule has 0 spiro atoms. The van der Waals surface area contributed by atoms with Gasteiger partial charge >= 0.3 is 29.6 Å². The van der Waals surface area contributed by atoms with Crippen molar-refractivity contribution in [3.8, 4) is 0 Å². The van der Waals surface area contributed by atoms with Gasteiger partial charge in [-0.2, -0.15) is 13.2 Å². The normalized spacial score (nSPS) is 10.0. The minimum Gasteiger partial charge on any atom is -0.680 e. The second-order valence-electron chi connectivity index (χ2n) is 0.446. The molecule has 0 saturated carbocycles. The Morgan fingerprint density at radius 2 is 1.17 bits per heavy atom. The Labute approximate surface area is 60.8 Å². The number of halogens is 3. The van der Waals surface area contributed by atoms with Crippen LogP contribution >= 0.6 is 0 Å². The van der Waals surface area contributed by atoms with E-state index in [2.05, 4.69) is 12.6 Å². The molecular formula is CF3NaS. The van der Waals surface area contributed by atoms with E-state index in [-0.39, 0.29) is 29.6 Å². The maximum Gasteiger partial charge on any atom is 1.00 e. The first-order valence-corrected chi connectivity index (χ1v) is 1.18. The van der Waals surface area contributed by atoms with Gasteiger partial charge in [-0.05, 0) is 0 Å². The van der Waals surface area contributed by atoms with Crippen molar-refractivity contribution >= 4 is 12.6 Å². The molecular weight excluding hydrogens is 124 g/mol. The minimum atomic E-state index is -4.42. The molecule has 0 heterocycles. The Hall–Kier alpha value is 1.14. The summed E-state index contributed by atoms with van der Waals surface area (Å²) < 4.78 is 30.5. The summed E-state index contributed by atoms with van der Waals surface area (Å²) in [7, 11) is 0. The summed E-state index contributed by atoms with van der Waals surface area (Å²) in [5.41, 5.74) is -4.42. The molecule has 32 valence electrons. The van der Waals surface area contributed by atoms with Gasteiger partial charge in [0.1, 0.15) is 0 Å². The van der Waals surface area contributed by atoms with Gasteiger partial charge in [0.25, 0.3) is 5.51 Å². The summed E-state index contributed by atoms with van der Waals surface area (Å²) in [5, 5.41) is 0. The van der Waals surface area contributed by atoms with Crippen LogP contribution in [-0.4, -0.2) is 5.51 Å². The average molecular weight is 124 g/mol. The molecule has 0 nitrogen and oxygen atoms in total. The van der Waals surface area contributed by atoms with Gasteiger partial charge in [-0.3, -0.25) is 0 Å². The van der Waals surface area contributed by atoms with Crippen LogP contribution < -0.4 is 29.6 Å². The van der Waals surface area contributed by atoms with Crippen LogP contribution in [0.1, 0.15) is 0 Å². The molecule has 0 aromatic rings. The number of alkyl halides is 3. The first kappa shape index (κ1) is 10.2. The van der Waals surface area contributed by atoms with E-state index in [1.54, 1.807) is 0 Å². The second kappa shape index (κ2) is 3.18. The summed E-state index contributed by atoms with van der Waals surface area (Å²) in [4.78, 5) is 0. The van der Waals surface area contributed by atoms with Crippen molar-refractivity contribution in [3.05, 3.63) is 0 Å². The maximum atomic E-state index is 10.2. The van der Waals surface area contributed by atoms with E-state index >= 15 is 0 Å². The first-order chi connectivity index (χ1) is 2.00. The van der Waals surface area contributed by atoms with Crippen LogP contribution in [0.2, 0.25) is 0 Å². The molecule has 0 radical (unpaired) electrons. The van der Waals surface area contributed by atoms with Crippen molar-refractivity contribution < 1.29 is 42.7 Å². The molecule has 0 rings (SSSR count). The molecule has 0 aromatic carbocycles. The Bertz CT molecular complexity index is 26.3. The zero-order valence-corrected chi connectivity index (χ0v) is 5.86. The third kappa shape index (κ3) is 67.8. The van der Waals surface area contributed by atoms with Crippen LogP contribution in [-0.2, 0) is 12.6 Å². The summed E-state index contributed by atoms with van der Waals surface area (Å²) in [6, 6.07) is 0. The predicted octanol–water partition coefficient (Wildman–Crippen LogP) is -1.94. The Kier molecular flexibility index (Phi) is 5.40. The van der Waals surface area contributed by atoms with Gasteiger partial charge in [0, 0.05) is 0 Å². The molecule has 0 atom stereocenters. The standard InChI is InChI=1S/CHF3S.Na/c2-1(3,4)5;/h5H;/q;+1/p-1. The van der Waals surface area contributed by atoms with E-state index in [0.717, 1.165) is 0 Å². The van der Waals surface area contributed by atoms with Gasteiger partial charge in [0.15, 0.2) is 0 Å². The van der Waals surface area contributed by atoms with E-state index in [9.17, 15) is 13.2 Å². The van der Waals surface area contributed by atoms with Crippen molar-refractivity contribution in [2.45, 2.75) is 5.51 Å². The van der Waals surface area contributed by atoms with Gasteiger partial charge < -0.3 is 12.6 Å². The summed E-state index contributed by atoms with van der Waals surface area (Å²) in [6.45, 7) is 0. The fraction of sp³-hybridized carbons (Fsp3) is 1.00. The Balaban J connectivity index is 0. The van der Waals surface area contributed by atoms with E-state index in [1.165, 1.54) is 0 Å². The predicted molar refractivity (Wildman–Crippen MR) is 13.4 cm³/mol. The van der Waals surface area contributed by atoms with Crippen LogP contribution in [0.5, 0.6) is 0 Å². The molecule has 0 N–H and O–H groups in total. The van der Waals surface area contributed by atoms with Gasteiger partial charge in [-0.25, -0.2) is 0 Å². The van der Waals surface area contributed by atoms with Gasteiger partial charge in [0.2, 0.25) is 0 Å². The van der Waals surface area contributed by atoms with Crippen LogP contribution in [0, 0.1) is 0 Å². The summed E-state index contributed by atoms with van der Waals surface area (Å²) in [5.74, 6) is 0. The Morgan fingerprint density at radius 3 is 1.17 bits per heavy atom. The maximum absolute atomic E-state index is 10.2. The SMILES string of the molecule is FC(F)(F)[S-].[Na+]. The summed E-state index contributed by atoms with van der Waals surface area (Å²) in [6.07, 6.45) is 0. The minimum absolute atomic E-state index is 0. The zero-order valence-electron chi connectivity index (χ0n) is 3.04. The third-order valence-electron chi connectivity index (χ3n) is 0. The van der Waals surface area contributed by atoms with E-state index < -0.39 is 5.51 Å². The fourth-order valence-corrected chi connectivity index (χ4v) is 0. The number of rotatable bonds is 0. The monoisotopic (exact) mass is 124 g/mol. The van der Waals surface area contributed by atoms with Crippen molar-refractivity contribution in [2.24, 2.45) is 0 Å². The van der Waals surface area contributed by atoms with Crippen molar-refractivity contribution in [2.75, 3.05) is 0 Å². The van der Waals surface area contributed by atoms with Crippen LogP contribution in [0.4, 0.5) is 13.2 Å². The second-order valence-corrected chi connectivity index (χ2v) is 0.909. The largest absolute Gasteiger partial charge is 1.00 e. The van der Waals surface area contributed by atoms with Gasteiger partial charge in [0.05, 0.1) is 0 Å². The third-order valence-corrected chi connectivity index (χ3v) is 0. The molecule has 0 unspecified atom stereocenters. The first-order valence-electron chi connectivity index (χ1n) is 0.771. The molecule has 0 aliphatic carbocycles. The van der Waals surface area contributed by atoms with Crippen LogP contribution in [0.3, 0.4) is 0 Å². The average Bonchev–Trinajstić information content (AvgIpc) is 0.722. The van der Waals surface area contributed by atoms with Crippen molar-refractivity contribution in [3.63, 3.8) is 0 Å². The topological polar surface area (TPSA) is 0 Å². The molecule has 6 heavy (non-hydrogen) atoms. The van der Waals surface area contributed by atoms with E-state index in [4.69, 9.17) is 0 Å². The fourth-order valence-electron chi connectivity index (χ4n) is 0. The van der Waals surface area contributed by atoms with E-state index in [0.29, 0.717) is 0 Å². The summed E-state index contributed by atoms with van der Waals surface area (Å²) >= 11 is 2.83. The molecule has 0 aromatic heterocycles. The molecule has 0 saturated heterocycles. The van der Waals surface area contributed by atoms with E-state index in [1.807, 2.05) is 0 Å². The van der Waals surface area contributed by atoms with Crippen molar-refractivity contribution in [1.29, 1.82) is 0 Å². The quantitative estimate of drug-likeness (QED) is 0.267. The Morgan fingerprint density at radius 1 is 1.17 bits per heavy atom. The van der Waals surface area contributed by atoms with Gasteiger partial charge in [-0.1, -0.05) is 0 Å². The molecule has 0 aliphatic heterocycles. The molecule has 0 aliphatic rings. The van der Waals surface area contributed by atoms with Gasteiger partial charge in [-0.15, -0.1) is 0 Å². The van der Waals surface area contributed by atoms with Crippen LogP contribution in [0.25, 0.3) is 0 Å². The smallest absolute Gasteiger partial charge is 0.680 e. The number of hydrogen-bond donors (Lipinski definition) is 0. The number of hydrogen-bond acceptors (Lipinski definition) is 1. The molecule has 5 heteroatoms. The molecule has 0 fully saturated rings. The molecule has 0 amide bonds. The van der Waals surface area contributed by atoms with Crippen LogP contribution in [0.15, 0.2) is 0 Å².